The van der Waals surface area contributed by atoms with Crippen molar-refractivity contribution in [2.75, 3.05) is 47.6 Å². The number of nitrogens with zero attached hydrogens (tertiary/aromatic N) is 1. The Hall–Kier alpha value is -3.19. The molecule has 2 heterocycles. The Morgan fingerprint density at radius 1 is 0.909 bits per heavy atom. The Kier molecular flexibility index (Phi) is 7.40. The lowest BCUT2D eigenvalue weighted by Gasteiger charge is -2.15. The molecular formula is C26H31NO6. The molecule has 1 saturated heterocycles. The molecule has 0 radical (unpaired) electrons. The average Bonchev–Trinajstić information content (AvgIpc) is 3.37. The van der Waals surface area contributed by atoms with Crippen LogP contribution in [0.2, 0.25) is 0 Å². The molecule has 0 spiro atoms. The summed E-state index contributed by atoms with van der Waals surface area (Å²) in [5, 5.41) is 0.451. The first kappa shape index (κ1) is 23.0. The monoisotopic (exact) mass is 453 g/mol. The van der Waals surface area contributed by atoms with Crippen LogP contribution in [0.4, 0.5) is 0 Å². The maximum atomic E-state index is 13.4. The van der Waals surface area contributed by atoms with Gasteiger partial charge >= 0.3 is 0 Å². The Morgan fingerprint density at radius 3 is 2.42 bits per heavy atom. The van der Waals surface area contributed by atoms with E-state index in [1.165, 1.54) is 25.9 Å². The summed E-state index contributed by atoms with van der Waals surface area (Å²) in [7, 11) is 4.73. The van der Waals surface area contributed by atoms with E-state index in [1.807, 2.05) is 6.07 Å². The van der Waals surface area contributed by atoms with Gasteiger partial charge in [0.05, 0.1) is 33.3 Å². The third-order valence-electron chi connectivity index (χ3n) is 6.02. The first-order valence-electron chi connectivity index (χ1n) is 11.4. The summed E-state index contributed by atoms with van der Waals surface area (Å²) in [6.07, 6.45) is 4.46. The number of benzene rings is 2. The Labute approximate surface area is 193 Å². The number of methoxy groups -OCH3 is 3. The van der Waals surface area contributed by atoms with Gasteiger partial charge < -0.3 is 28.3 Å². The van der Waals surface area contributed by atoms with Crippen LogP contribution in [0.5, 0.6) is 23.0 Å². The van der Waals surface area contributed by atoms with Gasteiger partial charge in [-0.25, -0.2) is 0 Å². The molecule has 0 atom stereocenters. The molecule has 0 bridgehead atoms. The van der Waals surface area contributed by atoms with Crippen LogP contribution in [0.3, 0.4) is 0 Å². The molecule has 0 amide bonds. The SMILES string of the molecule is COc1ccc2c(=O)c(OCCCCN3CCCC3)c(-c3ccc(OC)c(OC)c3)oc2c1. The van der Waals surface area contributed by atoms with Crippen molar-refractivity contribution in [1.82, 2.24) is 4.90 Å². The van der Waals surface area contributed by atoms with Crippen molar-refractivity contribution < 1.29 is 23.4 Å². The summed E-state index contributed by atoms with van der Waals surface area (Å²) < 4.78 is 28.4. The molecular weight excluding hydrogens is 422 g/mol. The van der Waals surface area contributed by atoms with E-state index in [0.717, 1.165) is 19.4 Å². The lowest BCUT2D eigenvalue weighted by Crippen LogP contribution is -2.21. The van der Waals surface area contributed by atoms with E-state index in [-0.39, 0.29) is 11.2 Å². The van der Waals surface area contributed by atoms with Crippen LogP contribution in [0.15, 0.2) is 45.6 Å². The summed E-state index contributed by atoms with van der Waals surface area (Å²) >= 11 is 0. The minimum absolute atomic E-state index is 0.205. The minimum atomic E-state index is -0.205. The highest BCUT2D eigenvalue weighted by molar-refractivity contribution is 5.83. The van der Waals surface area contributed by atoms with E-state index in [9.17, 15) is 4.79 Å². The maximum absolute atomic E-state index is 13.4. The summed E-state index contributed by atoms with van der Waals surface area (Å²) in [5.41, 5.74) is 0.898. The largest absolute Gasteiger partial charge is 0.497 e. The van der Waals surface area contributed by atoms with Gasteiger partial charge in [-0.3, -0.25) is 4.79 Å². The van der Waals surface area contributed by atoms with E-state index in [4.69, 9.17) is 23.4 Å². The average molecular weight is 454 g/mol. The van der Waals surface area contributed by atoms with Crippen molar-refractivity contribution in [3.63, 3.8) is 0 Å². The molecule has 7 nitrogen and oxygen atoms in total. The number of hydrogen-bond acceptors (Lipinski definition) is 7. The number of ether oxygens (including phenoxy) is 4. The van der Waals surface area contributed by atoms with Crippen LogP contribution in [0.1, 0.15) is 25.7 Å². The van der Waals surface area contributed by atoms with Crippen molar-refractivity contribution in [3.8, 4) is 34.3 Å². The third-order valence-corrected chi connectivity index (χ3v) is 6.02. The van der Waals surface area contributed by atoms with Crippen LogP contribution in [0.25, 0.3) is 22.3 Å². The maximum Gasteiger partial charge on any atom is 0.235 e. The van der Waals surface area contributed by atoms with Crippen molar-refractivity contribution in [2.24, 2.45) is 0 Å². The molecule has 2 aromatic carbocycles. The number of rotatable bonds is 10. The van der Waals surface area contributed by atoms with Gasteiger partial charge in [0.2, 0.25) is 11.2 Å². The molecule has 7 heteroatoms. The highest BCUT2D eigenvalue weighted by atomic mass is 16.5. The standard InChI is InChI=1S/C26H31NO6/c1-29-19-9-10-20-22(17-19)33-25(18-8-11-21(30-2)23(16-18)31-3)26(24(20)28)32-15-7-6-14-27-12-4-5-13-27/h8-11,16-17H,4-7,12-15H2,1-3H3. The number of unbranched alkanes of at least 4 members (excludes halogenated alkanes) is 1. The van der Waals surface area contributed by atoms with Crippen molar-refractivity contribution in [1.29, 1.82) is 0 Å². The van der Waals surface area contributed by atoms with E-state index < -0.39 is 0 Å². The summed E-state index contributed by atoms with van der Waals surface area (Å²) in [6, 6.07) is 10.5. The molecule has 1 aliphatic rings. The Morgan fingerprint density at radius 2 is 1.70 bits per heavy atom. The second-order valence-corrected chi connectivity index (χ2v) is 8.13. The topological polar surface area (TPSA) is 70.4 Å². The van der Waals surface area contributed by atoms with Crippen LogP contribution in [-0.2, 0) is 0 Å². The van der Waals surface area contributed by atoms with Gasteiger partial charge in [0.15, 0.2) is 17.3 Å². The summed E-state index contributed by atoms with van der Waals surface area (Å²) in [4.78, 5) is 15.9. The van der Waals surface area contributed by atoms with E-state index in [2.05, 4.69) is 4.90 Å². The highest BCUT2D eigenvalue weighted by Gasteiger charge is 2.20. The molecule has 0 aliphatic carbocycles. The molecule has 0 unspecified atom stereocenters. The second-order valence-electron chi connectivity index (χ2n) is 8.13. The molecule has 176 valence electrons. The van der Waals surface area contributed by atoms with Crippen LogP contribution in [-0.4, -0.2) is 52.5 Å². The smallest absolute Gasteiger partial charge is 0.235 e. The predicted octanol–water partition coefficient (Wildman–Crippen LogP) is 4.74. The van der Waals surface area contributed by atoms with Gasteiger partial charge in [0.1, 0.15) is 11.3 Å². The molecule has 1 fully saturated rings. The van der Waals surface area contributed by atoms with Crippen LogP contribution in [0, 0.1) is 0 Å². The van der Waals surface area contributed by atoms with Crippen molar-refractivity contribution >= 4 is 11.0 Å². The zero-order valence-corrected chi connectivity index (χ0v) is 19.5. The molecule has 1 aliphatic heterocycles. The fourth-order valence-electron chi connectivity index (χ4n) is 4.20. The van der Waals surface area contributed by atoms with Crippen LogP contribution >= 0.6 is 0 Å². The quantitative estimate of drug-likeness (QED) is 0.411. The molecule has 1 aromatic heterocycles. The zero-order valence-electron chi connectivity index (χ0n) is 19.5. The summed E-state index contributed by atoms with van der Waals surface area (Å²) in [6.45, 7) is 3.88. The Balaban J connectivity index is 1.65. The second kappa shape index (κ2) is 10.6. The van der Waals surface area contributed by atoms with E-state index in [0.29, 0.717) is 46.1 Å². The lowest BCUT2D eigenvalue weighted by atomic mass is 10.1. The zero-order chi connectivity index (χ0) is 23.2. The Bertz CT molecular complexity index is 1150. The first-order chi connectivity index (χ1) is 16.1. The van der Waals surface area contributed by atoms with Crippen molar-refractivity contribution in [3.05, 3.63) is 46.6 Å². The van der Waals surface area contributed by atoms with Gasteiger partial charge in [-0.1, -0.05) is 0 Å². The molecule has 4 rings (SSSR count). The van der Waals surface area contributed by atoms with Gasteiger partial charge in [0, 0.05) is 11.6 Å². The van der Waals surface area contributed by atoms with Gasteiger partial charge in [-0.2, -0.15) is 0 Å². The molecule has 0 saturated carbocycles. The minimum Gasteiger partial charge on any atom is -0.497 e. The predicted molar refractivity (Wildman–Crippen MR) is 128 cm³/mol. The highest BCUT2D eigenvalue weighted by Crippen LogP contribution is 2.37. The molecule has 33 heavy (non-hydrogen) atoms. The molecule has 0 N–H and O–H groups in total. The van der Waals surface area contributed by atoms with Crippen molar-refractivity contribution in [2.45, 2.75) is 25.7 Å². The number of fused-ring (bicyclic) bond motifs is 1. The third kappa shape index (κ3) is 5.09. The van der Waals surface area contributed by atoms with Gasteiger partial charge in [0.25, 0.3) is 0 Å². The number of likely N-dealkylation sites (tertiary alicyclic amines) is 1. The molecule has 3 aromatic rings. The van der Waals surface area contributed by atoms with E-state index in [1.54, 1.807) is 51.7 Å². The number of hydrogen-bond donors (Lipinski definition) is 0. The van der Waals surface area contributed by atoms with E-state index >= 15 is 0 Å². The first-order valence-corrected chi connectivity index (χ1v) is 11.4. The fraction of sp³-hybridized carbons (Fsp3) is 0.423. The van der Waals surface area contributed by atoms with Gasteiger partial charge in [-0.05, 0) is 75.6 Å². The normalized spacial score (nSPS) is 13.9. The summed E-state index contributed by atoms with van der Waals surface area (Å²) in [5.74, 6) is 2.32. The van der Waals surface area contributed by atoms with Gasteiger partial charge in [-0.15, -0.1) is 0 Å². The van der Waals surface area contributed by atoms with Crippen LogP contribution < -0.4 is 24.4 Å². The lowest BCUT2D eigenvalue weighted by molar-refractivity contribution is 0.275. The fourth-order valence-corrected chi connectivity index (χ4v) is 4.20.